The van der Waals surface area contributed by atoms with Crippen molar-refractivity contribution in [1.29, 1.82) is 0 Å². The lowest BCUT2D eigenvalue weighted by Gasteiger charge is -2.30. The van der Waals surface area contributed by atoms with E-state index in [-0.39, 0.29) is 0 Å². The van der Waals surface area contributed by atoms with Crippen LogP contribution in [0.2, 0.25) is 0 Å². The predicted octanol–water partition coefficient (Wildman–Crippen LogP) is 5.02. The summed E-state index contributed by atoms with van der Waals surface area (Å²) in [6.45, 7) is 6.83. The molecule has 0 amide bonds. The standard InChI is InChI=1S/C19H25NO/c1-5-17(18-8-6-7-13-20-18)19(14(2)3)15-9-11-16(21-4)12-10-15/h6-14,17,19H,5H2,1-4H3/t17-,19+/m0/s1. The number of hydrogen-bond acceptors (Lipinski definition) is 2. The topological polar surface area (TPSA) is 22.1 Å². The van der Waals surface area contributed by atoms with E-state index in [1.54, 1.807) is 7.11 Å². The summed E-state index contributed by atoms with van der Waals surface area (Å²) in [5, 5.41) is 0. The van der Waals surface area contributed by atoms with Gasteiger partial charge in [-0.25, -0.2) is 0 Å². The van der Waals surface area contributed by atoms with Crippen LogP contribution in [-0.2, 0) is 0 Å². The second-order valence-corrected chi connectivity index (χ2v) is 5.81. The number of benzene rings is 1. The Hall–Kier alpha value is -1.83. The number of aromatic nitrogens is 1. The van der Waals surface area contributed by atoms with Gasteiger partial charge in [0.1, 0.15) is 5.75 Å². The Labute approximate surface area is 128 Å². The van der Waals surface area contributed by atoms with E-state index < -0.39 is 0 Å². The molecule has 2 aromatic rings. The van der Waals surface area contributed by atoms with Gasteiger partial charge in [-0.15, -0.1) is 0 Å². The second-order valence-electron chi connectivity index (χ2n) is 5.81. The smallest absolute Gasteiger partial charge is 0.118 e. The van der Waals surface area contributed by atoms with Gasteiger partial charge in [-0.3, -0.25) is 4.98 Å². The predicted molar refractivity (Wildman–Crippen MR) is 87.8 cm³/mol. The van der Waals surface area contributed by atoms with Crippen molar-refractivity contribution in [3.63, 3.8) is 0 Å². The largest absolute Gasteiger partial charge is 0.497 e. The number of rotatable bonds is 6. The summed E-state index contributed by atoms with van der Waals surface area (Å²) in [7, 11) is 1.71. The Bertz CT molecular complexity index is 533. The maximum Gasteiger partial charge on any atom is 0.118 e. The minimum absolute atomic E-state index is 0.444. The van der Waals surface area contributed by atoms with Crippen molar-refractivity contribution in [2.75, 3.05) is 7.11 Å². The average molecular weight is 283 g/mol. The molecule has 0 aliphatic rings. The summed E-state index contributed by atoms with van der Waals surface area (Å²) in [6.07, 6.45) is 2.98. The highest BCUT2D eigenvalue weighted by Gasteiger charge is 2.27. The Morgan fingerprint density at radius 3 is 2.24 bits per heavy atom. The number of pyridine rings is 1. The van der Waals surface area contributed by atoms with Gasteiger partial charge in [0.05, 0.1) is 7.11 Å². The molecule has 0 saturated heterocycles. The van der Waals surface area contributed by atoms with Crippen LogP contribution in [0.3, 0.4) is 0 Å². The fourth-order valence-electron chi connectivity index (χ4n) is 3.15. The van der Waals surface area contributed by atoms with Crippen molar-refractivity contribution < 1.29 is 4.74 Å². The van der Waals surface area contributed by atoms with Crippen molar-refractivity contribution in [3.8, 4) is 5.75 Å². The van der Waals surface area contributed by atoms with Crippen molar-refractivity contribution in [2.24, 2.45) is 5.92 Å². The molecule has 112 valence electrons. The fourth-order valence-corrected chi connectivity index (χ4v) is 3.15. The molecule has 2 nitrogen and oxygen atoms in total. The zero-order chi connectivity index (χ0) is 15.2. The summed E-state index contributed by atoms with van der Waals surface area (Å²) < 4.78 is 5.27. The summed E-state index contributed by atoms with van der Waals surface area (Å²) >= 11 is 0. The highest BCUT2D eigenvalue weighted by Crippen LogP contribution is 2.40. The molecule has 0 bridgehead atoms. The lowest BCUT2D eigenvalue weighted by molar-refractivity contribution is 0.400. The highest BCUT2D eigenvalue weighted by atomic mass is 16.5. The first kappa shape index (κ1) is 15.6. The van der Waals surface area contributed by atoms with E-state index in [0.717, 1.165) is 12.2 Å². The molecule has 0 fully saturated rings. The number of ether oxygens (including phenoxy) is 1. The van der Waals surface area contributed by atoms with Crippen LogP contribution in [-0.4, -0.2) is 12.1 Å². The quantitative estimate of drug-likeness (QED) is 0.742. The molecule has 0 saturated carbocycles. The van der Waals surface area contributed by atoms with Gasteiger partial charge in [-0.2, -0.15) is 0 Å². The molecule has 2 atom stereocenters. The minimum atomic E-state index is 0.444. The molecule has 2 heteroatoms. The third-order valence-electron chi connectivity index (χ3n) is 4.16. The van der Waals surface area contributed by atoms with Crippen LogP contribution < -0.4 is 4.74 Å². The van der Waals surface area contributed by atoms with Crippen LogP contribution in [0.4, 0.5) is 0 Å². The fraction of sp³-hybridized carbons (Fsp3) is 0.421. The van der Waals surface area contributed by atoms with Gasteiger partial charge in [0, 0.05) is 17.8 Å². The van der Waals surface area contributed by atoms with Crippen molar-refractivity contribution in [1.82, 2.24) is 4.98 Å². The van der Waals surface area contributed by atoms with E-state index in [0.29, 0.717) is 17.8 Å². The van der Waals surface area contributed by atoms with E-state index in [9.17, 15) is 0 Å². The summed E-state index contributed by atoms with van der Waals surface area (Å²) in [5.74, 6) is 2.38. The van der Waals surface area contributed by atoms with E-state index in [1.165, 1.54) is 11.3 Å². The molecular formula is C19H25NO. The first-order valence-corrected chi connectivity index (χ1v) is 7.72. The Morgan fingerprint density at radius 2 is 1.76 bits per heavy atom. The maximum atomic E-state index is 5.27. The Morgan fingerprint density at radius 1 is 1.05 bits per heavy atom. The molecule has 0 unspecified atom stereocenters. The van der Waals surface area contributed by atoms with Crippen molar-refractivity contribution >= 4 is 0 Å². The van der Waals surface area contributed by atoms with Gasteiger partial charge in [-0.05, 0) is 48.1 Å². The van der Waals surface area contributed by atoms with Crippen LogP contribution in [0.5, 0.6) is 5.75 Å². The normalized spacial score (nSPS) is 14.0. The van der Waals surface area contributed by atoms with Gasteiger partial charge >= 0.3 is 0 Å². The van der Waals surface area contributed by atoms with Crippen LogP contribution in [0.1, 0.15) is 50.3 Å². The monoisotopic (exact) mass is 283 g/mol. The third kappa shape index (κ3) is 3.63. The second kappa shape index (κ2) is 7.26. The van der Waals surface area contributed by atoms with Crippen LogP contribution >= 0.6 is 0 Å². The number of nitrogens with zero attached hydrogens (tertiary/aromatic N) is 1. The zero-order valence-corrected chi connectivity index (χ0v) is 13.4. The average Bonchev–Trinajstić information content (AvgIpc) is 2.53. The third-order valence-corrected chi connectivity index (χ3v) is 4.16. The molecule has 1 aromatic carbocycles. The Balaban J connectivity index is 2.36. The van der Waals surface area contributed by atoms with Gasteiger partial charge in [0.2, 0.25) is 0 Å². The van der Waals surface area contributed by atoms with Gasteiger partial charge < -0.3 is 4.74 Å². The highest BCUT2D eigenvalue weighted by molar-refractivity contribution is 5.32. The van der Waals surface area contributed by atoms with E-state index in [4.69, 9.17) is 4.74 Å². The summed E-state index contributed by atoms with van der Waals surface area (Å²) in [4.78, 5) is 4.59. The van der Waals surface area contributed by atoms with Gasteiger partial charge in [0.25, 0.3) is 0 Å². The molecule has 0 radical (unpaired) electrons. The van der Waals surface area contributed by atoms with Crippen molar-refractivity contribution in [2.45, 2.75) is 39.0 Å². The zero-order valence-electron chi connectivity index (χ0n) is 13.4. The summed E-state index contributed by atoms with van der Waals surface area (Å²) in [6, 6.07) is 14.7. The molecule has 2 rings (SSSR count). The van der Waals surface area contributed by atoms with E-state index in [2.05, 4.69) is 62.2 Å². The van der Waals surface area contributed by atoms with Gasteiger partial charge in [0.15, 0.2) is 0 Å². The molecule has 1 heterocycles. The minimum Gasteiger partial charge on any atom is -0.497 e. The van der Waals surface area contributed by atoms with Crippen LogP contribution in [0.15, 0.2) is 48.7 Å². The molecule has 0 aliphatic carbocycles. The first-order valence-electron chi connectivity index (χ1n) is 7.72. The molecule has 21 heavy (non-hydrogen) atoms. The van der Waals surface area contributed by atoms with Gasteiger partial charge in [-0.1, -0.05) is 39.0 Å². The number of hydrogen-bond donors (Lipinski definition) is 0. The molecule has 0 N–H and O–H groups in total. The van der Waals surface area contributed by atoms with E-state index >= 15 is 0 Å². The van der Waals surface area contributed by atoms with Crippen LogP contribution in [0.25, 0.3) is 0 Å². The lowest BCUT2D eigenvalue weighted by Crippen LogP contribution is -2.17. The van der Waals surface area contributed by atoms with Crippen LogP contribution in [0, 0.1) is 5.92 Å². The first-order chi connectivity index (χ1) is 10.2. The molecule has 0 aliphatic heterocycles. The molecule has 1 aromatic heterocycles. The molecular weight excluding hydrogens is 258 g/mol. The SMILES string of the molecule is CC[C@@H](c1ccccn1)[C@@H](c1ccc(OC)cc1)C(C)C. The molecule has 0 spiro atoms. The lowest BCUT2D eigenvalue weighted by atomic mass is 9.75. The number of methoxy groups -OCH3 is 1. The maximum absolute atomic E-state index is 5.27. The summed E-state index contributed by atoms with van der Waals surface area (Å²) in [5.41, 5.74) is 2.55. The van der Waals surface area contributed by atoms with Crippen molar-refractivity contribution in [3.05, 3.63) is 59.9 Å². The van der Waals surface area contributed by atoms with E-state index in [1.807, 2.05) is 12.3 Å². The Kier molecular flexibility index (Phi) is 5.38.